The van der Waals surface area contributed by atoms with Crippen molar-refractivity contribution in [1.29, 1.82) is 0 Å². The zero-order valence-corrected chi connectivity index (χ0v) is 16.2. The molecule has 3 heterocycles. The van der Waals surface area contributed by atoms with E-state index in [9.17, 15) is 27.6 Å². The molecule has 0 aliphatic carbocycles. The normalized spacial score (nSPS) is 21.8. The van der Waals surface area contributed by atoms with Crippen LogP contribution in [0.1, 0.15) is 39.3 Å². The first-order valence-electron chi connectivity index (χ1n) is 9.21. The number of nitrogen functional groups attached to an aromatic ring is 1. The van der Waals surface area contributed by atoms with E-state index in [1.165, 1.54) is 10.8 Å². The van der Waals surface area contributed by atoms with E-state index in [0.29, 0.717) is 18.5 Å². The Hall–Kier alpha value is -2.96. The molecular formula is C17H20F3N5O5. The Morgan fingerprint density at radius 3 is 2.70 bits per heavy atom. The number of anilines is 1. The second-order valence-electron chi connectivity index (χ2n) is 6.86. The number of nitrogens with zero attached hydrogens (tertiary/aromatic N) is 4. The van der Waals surface area contributed by atoms with Crippen molar-refractivity contribution in [1.82, 2.24) is 19.1 Å². The number of alkyl halides is 3. The Kier molecular flexibility index (Phi) is 5.83. The molecule has 1 fully saturated rings. The smallest absolute Gasteiger partial charge is 0.452 e. The number of imidazole rings is 1. The van der Waals surface area contributed by atoms with Crippen LogP contribution in [-0.4, -0.2) is 49.2 Å². The molecule has 0 spiro atoms. The van der Waals surface area contributed by atoms with Crippen molar-refractivity contribution in [2.75, 3.05) is 5.73 Å². The molecule has 10 nitrogen and oxygen atoms in total. The number of carbonyl (C=O) groups excluding carboxylic acids is 2. The molecule has 13 heteroatoms. The molecule has 164 valence electrons. The first-order valence-corrected chi connectivity index (χ1v) is 9.21. The van der Waals surface area contributed by atoms with Crippen LogP contribution in [0.5, 0.6) is 0 Å². The number of aryl methyl sites for hydroxylation is 1. The highest BCUT2D eigenvalue weighted by Crippen LogP contribution is 2.36. The number of ketones is 1. The molecule has 2 N–H and O–H groups in total. The van der Waals surface area contributed by atoms with Gasteiger partial charge in [0.05, 0.1) is 6.20 Å². The quantitative estimate of drug-likeness (QED) is 0.678. The van der Waals surface area contributed by atoms with E-state index in [4.69, 9.17) is 15.2 Å². The number of nitrogens with two attached hydrogens (primary N) is 1. The monoisotopic (exact) mass is 431 g/mol. The van der Waals surface area contributed by atoms with Crippen LogP contribution in [0.25, 0.3) is 11.2 Å². The highest BCUT2D eigenvalue weighted by atomic mass is 19.4. The van der Waals surface area contributed by atoms with Crippen molar-refractivity contribution in [3.63, 3.8) is 0 Å². The maximum absolute atomic E-state index is 13.1. The molecule has 0 saturated carbocycles. The van der Waals surface area contributed by atoms with E-state index >= 15 is 0 Å². The van der Waals surface area contributed by atoms with Gasteiger partial charge < -0.3 is 15.2 Å². The lowest BCUT2D eigenvalue weighted by Crippen LogP contribution is -2.35. The van der Waals surface area contributed by atoms with E-state index in [1.54, 1.807) is 0 Å². The van der Waals surface area contributed by atoms with Gasteiger partial charge in [0.15, 0.2) is 11.9 Å². The molecule has 0 amide bonds. The van der Waals surface area contributed by atoms with Gasteiger partial charge >= 0.3 is 17.8 Å². The number of unbranched alkanes of at least 4 members (excludes halogenated alkanes) is 1. The number of esters is 1. The minimum absolute atomic E-state index is 0.00543. The Bertz CT molecular complexity index is 1030. The van der Waals surface area contributed by atoms with Gasteiger partial charge in [-0.2, -0.15) is 18.2 Å². The first-order chi connectivity index (χ1) is 14.0. The van der Waals surface area contributed by atoms with Gasteiger partial charge in [0.2, 0.25) is 5.95 Å². The van der Waals surface area contributed by atoms with Gasteiger partial charge in [-0.3, -0.25) is 14.2 Å². The van der Waals surface area contributed by atoms with Crippen LogP contribution in [0, 0.1) is 0 Å². The third-order valence-corrected chi connectivity index (χ3v) is 4.67. The molecule has 0 aromatic carbocycles. The average molecular weight is 431 g/mol. The zero-order valence-electron chi connectivity index (χ0n) is 16.2. The Morgan fingerprint density at radius 2 is 2.10 bits per heavy atom. The Labute approximate surface area is 167 Å². The van der Waals surface area contributed by atoms with Crippen LogP contribution in [0.4, 0.5) is 19.1 Å². The number of aromatic nitrogens is 4. The van der Waals surface area contributed by atoms with Gasteiger partial charge in [0.1, 0.15) is 17.7 Å². The van der Waals surface area contributed by atoms with Gasteiger partial charge in [-0.05, 0) is 6.42 Å². The summed E-state index contributed by atoms with van der Waals surface area (Å²) in [6, 6.07) is 0. The largest absolute Gasteiger partial charge is 0.458 e. The minimum atomic E-state index is -5.15. The van der Waals surface area contributed by atoms with E-state index in [0.717, 1.165) is 17.9 Å². The fourth-order valence-corrected chi connectivity index (χ4v) is 3.37. The lowest BCUT2D eigenvalue weighted by atomic mass is 10.1. The maximum atomic E-state index is 13.1. The van der Waals surface area contributed by atoms with Gasteiger partial charge in [0, 0.05) is 19.9 Å². The van der Waals surface area contributed by atoms with E-state index < -0.39 is 48.5 Å². The number of Topliss-reactive ketones (excluding diaryl/α,β-unsaturated/α-hetero) is 1. The molecule has 1 aliphatic heterocycles. The Morgan fingerprint density at radius 1 is 1.40 bits per heavy atom. The molecule has 3 atom stereocenters. The first kappa shape index (κ1) is 21.7. The number of rotatable bonds is 6. The average Bonchev–Trinajstić information content (AvgIpc) is 3.15. The van der Waals surface area contributed by atoms with Crippen LogP contribution < -0.4 is 11.4 Å². The molecule has 1 aliphatic rings. The molecule has 0 bridgehead atoms. The van der Waals surface area contributed by atoms with Crippen molar-refractivity contribution in [3.05, 3.63) is 16.7 Å². The number of ether oxygens (including phenoxy) is 2. The third kappa shape index (κ3) is 4.01. The second-order valence-corrected chi connectivity index (χ2v) is 6.86. The van der Waals surface area contributed by atoms with Crippen molar-refractivity contribution >= 4 is 28.9 Å². The van der Waals surface area contributed by atoms with Gasteiger partial charge in [-0.25, -0.2) is 14.3 Å². The third-order valence-electron chi connectivity index (χ3n) is 4.67. The standard InChI is InChI=1S/C17H20F3N5O5/c1-3-4-5-24-9-7-22-15(21)23-13(9)25(16(24)28)14-11(29-8(2)26)6-10(30-14)12(27)17(18,19)20/h7,10-11,14H,3-6H2,1-2H3,(H2,21,22,23)/t10-,11+,14+/m0/s1. The van der Waals surface area contributed by atoms with E-state index in [2.05, 4.69) is 9.97 Å². The summed E-state index contributed by atoms with van der Waals surface area (Å²) < 4.78 is 51.4. The summed E-state index contributed by atoms with van der Waals surface area (Å²) in [7, 11) is 0. The fourth-order valence-electron chi connectivity index (χ4n) is 3.37. The van der Waals surface area contributed by atoms with Crippen molar-refractivity contribution in [3.8, 4) is 0 Å². The van der Waals surface area contributed by atoms with Crippen LogP contribution in [-0.2, 0) is 25.6 Å². The van der Waals surface area contributed by atoms with E-state index in [1.807, 2.05) is 6.92 Å². The summed E-state index contributed by atoms with van der Waals surface area (Å²) in [5.74, 6) is -3.10. The van der Waals surface area contributed by atoms with E-state index in [-0.39, 0.29) is 11.6 Å². The Balaban J connectivity index is 2.12. The molecule has 0 unspecified atom stereocenters. The predicted octanol–water partition coefficient (Wildman–Crippen LogP) is 1.33. The lowest BCUT2D eigenvalue weighted by molar-refractivity contribution is -0.183. The fraction of sp³-hybridized carbons (Fsp3) is 0.588. The number of fused-ring (bicyclic) bond motifs is 1. The molecule has 2 aromatic rings. The summed E-state index contributed by atoms with van der Waals surface area (Å²) in [5, 5.41) is 0. The summed E-state index contributed by atoms with van der Waals surface area (Å²) >= 11 is 0. The highest BCUT2D eigenvalue weighted by Gasteiger charge is 2.51. The highest BCUT2D eigenvalue weighted by molar-refractivity contribution is 5.88. The van der Waals surface area contributed by atoms with Crippen molar-refractivity contribution < 1.29 is 32.2 Å². The topological polar surface area (TPSA) is 131 Å². The summed E-state index contributed by atoms with van der Waals surface area (Å²) in [5.41, 5.74) is 5.27. The lowest BCUT2D eigenvalue weighted by Gasteiger charge is -2.19. The molecule has 2 aromatic heterocycles. The van der Waals surface area contributed by atoms with Crippen LogP contribution >= 0.6 is 0 Å². The van der Waals surface area contributed by atoms with Crippen LogP contribution in [0.2, 0.25) is 0 Å². The molecule has 3 rings (SSSR count). The number of hydrogen-bond acceptors (Lipinski definition) is 8. The summed E-state index contributed by atoms with van der Waals surface area (Å²) in [4.78, 5) is 44.1. The summed E-state index contributed by atoms with van der Waals surface area (Å²) in [6.07, 6.45) is -7.71. The SMILES string of the molecule is CCCCn1c(=O)n([C@@H]2O[C@H](C(=O)C(F)(F)F)C[C@H]2OC(C)=O)c2nc(N)ncc21. The maximum Gasteiger partial charge on any atom is 0.452 e. The summed E-state index contributed by atoms with van der Waals surface area (Å²) in [6.45, 7) is 3.27. The van der Waals surface area contributed by atoms with Gasteiger partial charge in [-0.15, -0.1) is 0 Å². The van der Waals surface area contributed by atoms with Crippen LogP contribution in [0.3, 0.4) is 0 Å². The van der Waals surface area contributed by atoms with Gasteiger partial charge in [-0.1, -0.05) is 13.3 Å². The minimum Gasteiger partial charge on any atom is -0.458 e. The second kappa shape index (κ2) is 8.05. The molecular weight excluding hydrogens is 411 g/mol. The molecule has 0 radical (unpaired) electrons. The van der Waals surface area contributed by atoms with Crippen LogP contribution in [0.15, 0.2) is 11.0 Å². The number of hydrogen-bond donors (Lipinski definition) is 1. The predicted molar refractivity (Wildman–Crippen MR) is 96.3 cm³/mol. The van der Waals surface area contributed by atoms with Crippen molar-refractivity contribution in [2.24, 2.45) is 0 Å². The molecule has 30 heavy (non-hydrogen) atoms. The molecule has 1 saturated heterocycles. The zero-order chi connectivity index (χ0) is 22.2. The number of carbonyl (C=O) groups is 2. The van der Waals surface area contributed by atoms with Gasteiger partial charge in [0.25, 0.3) is 5.78 Å². The van der Waals surface area contributed by atoms with Crippen molar-refractivity contribution in [2.45, 2.75) is 64.3 Å². The number of halogens is 3.